The van der Waals surface area contributed by atoms with Gasteiger partial charge in [0.15, 0.2) is 0 Å². The first-order valence-corrected chi connectivity index (χ1v) is 6.32. The molecule has 1 aliphatic carbocycles. The Morgan fingerprint density at radius 3 is 2.50 bits per heavy atom. The lowest BCUT2D eigenvalue weighted by Crippen LogP contribution is -2.41. The summed E-state index contributed by atoms with van der Waals surface area (Å²) in [5, 5.41) is 8.66. The van der Waals surface area contributed by atoms with E-state index in [-0.39, 0.29) is 18.1 Å². The van der Waals surface area contributed by atoms with Gasteiger partial charge in [0.05, 0.1) is 5.75 Å². The van der Waals surface area contributed by atoms with Crippen molar-refractivity contribution in [3.8, 4) is 0 Å². The van der Waals surface area contributed by atoms with Crippen molar-refractivity contribution in [1.29, 1.82) is 0 Å². The molecule has 0 amide bonds. The van der Waals surface area contributed by atoms with Crippen LogP contribution in [-0.4, -0.2) is 31.3 Å². The molecule has 0 unspecified atom stereocenters. The van der Waals surface area contributed by atoms with Crippen LogP contribution in [-0.2, 0) is 14.8 Å². The first kappa shape index (κ1) is 11.5. The third kappa shape index (κ3) is 3.63. The molecule has 6 heteroatoms. The Labute approximate surface area is 83.6 Å². The molecule has 1 saturated carbocycles. The van der Waals surface area contributed by atoms with Gasteiger partial charge in [-0.2, -0.15) is 0 Å². The fourth-order valence-corrected chi connectivity index (χ4v) is 2.92. The summed E-state index contributed by atoms with van der Waals surface area (Å²) in [5.41, 5.74) is 0. The number of sulfonamides is 1. The van der Waals surface area contributed by atoms with Crippen LogP contribution in [0.4, 0.5) is 0 Å². The van der Waals surface area contributed by atoms with Gasteiger partial charge in [-0.1, -0.05) is 6.92 Å². The fraction of sp³-hybridized carbons (Fsp3) is 0.875. The minimum Gasteiger partial charge on any atom is -0.480 e. The molecule has 1 aliphatic rings. The van der Waals surface area contributed by atoms with E-state index in [1.165, 1.54) is 0 Å². The average Bonchev–Trinajstić information content (AvgIpc) is 2.82. The number of hydrogen-bond donors (Lipinski definition) is 2. The van der Waals surface area contributed by atoms with Crippen molar-refractivity contribution in [2.45, 2.75) is 32.2 Å². The minimum absolute atomic E-state index is 0.0663. The van der Waals surface area contributed by atoms with Crippen LogP contribution in [0, 0.1) is 5.92 Å². The summed E-state index contributed by atoms with van der Waals surface area (Å²) >= 11 is 0. The van der Waals surface area contributed by atoms with Crippen molar-refractivity contribution in [3.63, 3.8) is 0 Å². The Balaban J connectivity index is 2.50. The fourth-order valence-electron chi connectivity index (χ4n) is 1.17. The summed E-state index contributed by atoms with van der Waals surface area (Å²) in [4.78, 5) is 10.6. The van der Waals surface area contributed by atoms with E-state index in [0.717, 1.165) is 12.8 Å². The highest BCUT2D eigenvalue weighted by Gasteiger charge is 2.30. The number of rotatable bonds is 6. The van der Waals surface area contributed by atoms with Crippen LogP contribution in [0.2, 0.25) is 0 Å². The van der Waals surface area contributed by atoms with E-state index >= 15 is 0 Å². The number of hydrogen-bond acceptors (Lipinski definition) is 3. The number of carboxylic acids is 1. The van der Waals surface area contributed by atoms with E-state index in [1.54, 1.807) is 6.92 Å². The van der Waals surface area contributed by atoms with Gasteiger partial charge in [0.2, 0.25) is 10.0 Å². The predicted octanol–water partition coefficient (Wildman–Crippen LogP) is 0.179. The van der Waals surface area contributed by atoms with Gasteiger partial charge in [-0.05, 0) is 25.2 Å². The van der Waals surface area contributed by atoms with E-state index in [2.05, 4.69) is 4.72 Å². The van der Waals surface area contributed by atoms with Gasteiger partial charge in [-0.25, -0.2) is 13.1 Å². The predicted molar refractivity (Wildman–Crippen MR) is 51.4 cm³/mol. The molecule has 5 nitrogen and oxygen atoms in total. The van der Waals surface area contributed by atoms with Crippen LogP contribution >= 0.6 is 0 Å². The van der Waals surface area contributed by atoms with Crippen LogP contribution in [0.15, 0.2) is 0 Å². The second-order valence-electron chi connectivity index (χ2n) is 3.64. The molecular formula is C8H15NO4S. The Hall–Kier alpha value is -0.620. The van der Waals surface area contributed by atoms with Crippen molar-refractivity contribution in [2.75, 3.05) is 5.75 Å². The van der Waals surface area contributed by atoms with Gasteiger partial charge in [-0.15, -0.1) is 0 Å². The SMILES string of the molecule is CC[C@H](NS(=O)(=O)CC1CC1)C(=O)O. The maximum atomic E-state index is 11.4. The van der Waals surface area contributed by atoms with Crippen LogP contribution in [0.25, 0.3) is 0 Å². The molecule has 82 valence electrons. The molecule has 0 spiro atoms. The first-order valence-electron chi connectivity index (χ1n) is 4.67. The van der Waals surface area contributed by atoms with Crippen molar-refractivity contribution >= 4 is 16.0 Å². The molecular weight excluding hydrogens is 206 g/mol. The Bertz CT molecular complexity index is 307. The third-order valence-corrected chi connectivity index (χ3v) is 3.73. The smallest absolute Gasteiger partial charge is 0.321 e. The monoisotopic (exact) mass is 221 g/mol. The molecule has 1 fully saturated rings. The molecule has 1 atom stereocenters. The molecule has 0 aromatic heterocycles. The zero-order valence-corrected chi connectivity index (χ0v) is 8.88. The number of carboxylic acid groups (broad SMARTS) is 1. The van der Waals surface area contributed by atoms with E-state index in [9.17, 15) is 13.2 Å². The summed E-state index contributed by atoms with van der Waals surface area (Å²) in [6.07, 6.45) is 2.13. The standard InChI is InChI=1S/C8H15NO4S/c1-2-7(8(10)11)9-14(12,13)5-6-3-4-6/h6-7,9H,2-5H2,1H3,(H,10,11)/t7-/m0/s1. The summed E-state index contributed by atoms with van der Waals surface area (Å²) in [7, 11) is -3.41. The van der Waals surface area contributed by atoms with Crippen molar-refractivity contribution in [1.82, 2.24) is 4.72 Å². The van der Waals surface area contributed by atoms with Gasteiger partial charge >= 0.3 is 5.97 Å². The van der Waals surface area contributed by atoms with E-state index < -0.39 is 22.0 Å². The van der Waals surface area contributed by atoms with Crippen molar-refractivity contribution < 1.29 is 18.3 Å². The van der Waals surface area contributed by atoms with Crippen LogP contribution in [0.1, 0.15) is 26.2 Å². The van der Waals surface area contributed by atoms with E-state index in [0.29, 0.717) is 0 Å². The van der Waals surface area contributed by atoms with Crippen molar-refractivity contribution in [2.24, 2.45) is 5.92 Å². The lowest BCUT2D eigenvalue weighted by molar-refractivity contribution is -0.139. The summed E-state index contributed by atoms with van der Waals surface area (Å²) in [6, 6.07) is -0.987. The molecule has 0 heterocycles. The van der Waals surface area contributed by atoms with Gasteiger partial charge in [0.25, 0.3) is 0 Å². The van der Waals surface area contributed by atoms with Crippen molar-refractivity contribution in [3.05, 3.63) is 0 Å². The van der Waals surface area contributed by atoms with Gasteiger partial charge < -0.3 is 5.11 Å². The average molecular weight is 221 g/mol. The summed E-state index contributed by atoms with van der Waals surface area (Å²) in [5.74, 6) is -0.817. The highest BCUT2D eigenvalue weighted by Crippen LogP contribution is 2.30. The Kier molecular flexibility index (Phi) is 3.49. The van der Waals surface area contributed by atoms with Crippen LogP contribution in [0.5, 0.6) is 0 Å². The highest BCUT2D eigenvalue weighted by molar-refractivity contribution is 7.89. The second kappa shape index (κ2) is 4.27. The number of carbonyl (C=O) groups is 1. The molecule has 14 heavy (non-hydrogen) atoms. The highest BCUT2D eigenvalue weighted by atomic mass is 32.2. The van der Waals surface area contributed by atoms with E-state index in [4.69, 9.17) is 5.11 Å². The Morgan fingerprint density at radius 2 is 2.14 bits per heavy atom. The minimum atomic E-state index is -3.41. The maximum absolute atomic E-state index is 11.4. The quantitative estimate of drug-likeness (QED) is 0.670. The van der Waals surface area contributed by atoms with E-state index in [1.807, 2.05) is 0 Å². The number of nitrogens with one attached hydrogen (secondary N) is 1. The number of aliphatic carboxylic acids is 1. The van der Waals surface area contributed by atoms with Crippen LogP contribution < -0.4 is 4.72 Å². The first-order chi connectivity index (χ1) is 6.44. The lowest BCUT2D eigenvalue weighted by Gasteiger charge is -2.12. The molecule has 0 aromatic rings. The van der Waals surface area contributed by atoms with Gasteiger partial charge in [0, 0.05) is 0 Å². The molecule has 0 aromatic carbocycles. The van der Waals surface area contributed by atoms with Gasteiger partial charge in [-0.3, -0.25) is 4.79 Å². The molecule has 2 N–H and O–H groups in total. The molecule has 0 saturated heterocycles. The topological polar surface area (TPSA) is 83.5 Å². The zero-order chi connectivity index (χ0) is 10.8. The molecule has 1 rings (SSSR count). The Morgan fingerprint density at radius 1 is 1.57 bits per heavy atom. The zero-order valence-electron chi connectivity index (χ0n) is 8.06. The lowest BCUT2D eigenvalue weighted by atomic mass is 10.2. The normalized spacial score (nSPS) is 19.2. The van der Waals surface area contributed by atoms with Gasteiger partial charge in [0.1, 0.15) is 6.04 Å². The second-order valence-corrected chi connectivity index (χ2v) is 5.44. The van der Waals surface area contributed by atoms with Crippen LogP contribution in [0.3, 0.4) is 0 Å². The largest absolute Gasteiger partial charge is 0.480 e. The third-order valence-electron chi connectivity index (χ3n) is 2.18. The summed E-state index contributed by atoms with van der Waals surface area (Å²) in [6.45, 7) is 1.64. The molecule has 0 aliphatic heterocycles. The maximum Gasteiger partial charge on any atom is 0.321 e. The molecule has 0 bridgehead atoms. The summed E-state index contributed by atoms with van der Waals surface area (Å²) < 4.78 is 24.9. The molecule has 0 radical (unpaired) electrons.